The van der Waals surface area contributed by atoms with Crippen LogP contribution < -0.4 is 11.3 Å². The van der Waals surface area contributed by atoms with Crippen molar-refractivity contribution in [3.8, 4) is 11.4 Å². The normalized spacial score (nSPS) is 12.0. The zero-order valence-electron chi connectivity index (χ0n) is 11.2. The fraction of sp³-hybridized carbons (Fsp3) is 0.0625. The molecule has 2 aromatic heterocycles. The number of pyridine rings is 1. The van der Waals surface area contributed by atoms with Crippen molar-refractivity contribution in [1.82, 2.24) is 15.2 Å². The van der Waals surface area contributed by atoms with Crippen LogP contribution in [0.2, 0.25) is 0 Å². The smallest absolute Gasteiger partial charge is 0.269 e. The van der Waals surface area contributed by atoms with Gasteiger partial charge in [0.15, 0.2) is 0 Å². The van der Waals surface area contributed by atoms with E-state index in [1.165, 1.54) is 0 Å². The number of hydrogen-bond donors (Lipinski definition) is 2. The summed E-state index contributed by atoms with van der Waals surface area (Å²) in [5.74, 6) is 0. The lowest BCUT2D eigenvalue weighted by Gasteiger charge is -2.12. The van der Waals surface area contributed by atoms with Gasteiger partial charge in [-0.2, -0.15) is 5.10 Å². The number of nitrogens with zero attached hydrogens (tertiary/aromatic N) is 2. The van der Waals surface area contributed by atoms with Crippen molar-refractivity contribution >= 4 is 0 Å². The molecule has 3 N–H and O–H groups in total. The number of nitrogens with one attached hydrogen (secondary N) is 1. The molecule has 21 heavy (non-hydrogen) atoms. The summed E-state index contributed by atoms with van der Waals surface area (Å²) >= 11 is 0. The first-order valence-corrected chi connectivity index (χ1v) is 6.57. The lowest BCUT2D eigenvalue weighted by Crippen LogP contribution is -2.23. The van der Waals surface area contributed by atoms with Crippen LogP contribution >= 0.6 is 0 Å². The molecule has 0 saturated heterocycles. The number of benzene rings is 1. The lowest BCUT2D eigenvalue weighted by molar-refractivity contribution is 0.827. The topological polar surface area (TPSA) is 84.7 Å². The molecule has 0 bridgehead atoms. The lowest BCUT2D eigenvalue weighted by atomic mass is 10.0. The predicted molar refractivity (Wildman–Crippen MR) is 80.6 cm³/mol. The highest BCUT2D eigenvalue weighted by molar-refractivity contribution is 5.54. The molecule has 0 aliphatic heterocycles. The van der Waals surface area contributed by atoms with Gasteiger partial charge in [0.2, 0.25) is 0 Å². The second kappa shape index (κ2) is 5.68. The maximum absolute atomic E-state index is 12.0. The summed E-state index contributed by atoms with van der Waals surface area (Å²) in [4.78, 5) is 16.2. The Morgan fingerprint density at radius 1 is 1.00 bits per heavy atom. The monoisotopic (exact) mass is 278 g/mol. The third kappa shape index (κ3) is 2.73. The molecular formula is C16H14N4O. The molecular weight excluding hydrogens is 264 g/mol. The van der Waals surface area contributed by atoms with Crippen LogP contribution in [0.25, 0.3) is 11.4 Å². The average Bonchev–Trinajstić information content (AvgIpc) is 2.56. The molecule has 0 amide bonds. The maximum Gasteiger partial charge on any atom is 0.269 e. The first-order valence-electron chi connectivity index (χ1n) is 6.57. The molecule has 2 heterocycles. The van der Waals surface area contributed by atoms with Gasteiger partial charge in [-0.15, -0.1) is 0 Å². The summed E-state index contributed by atoms with van der Waals surface area (Å²) in [5, 5.41) is 6.52. The largest absolute Gasteiger partial charge is 0.320 e. The van der Waals surface area contributed by atoms with Crippen LogP contribution in [0.1, 0.15) is 17.2 Å². The highest BCUT2D eigenvalue weighted by atomic mass is 16.1. The van der Waals surface area contributed by atoms with Crippen molar-refractivity contribution in [2.45, 2.75) is 6.04 Å². The van der Waals surface area contributed by atoms with Crippen molar-refractivity contribution in [3.05, 3.63) is 82.3 Å². The highest BCUT2D eigenvalue weighted by Crippen LogP contribution is 2.19. The Morgan fingerprint density at radius 3 is 2.48 bits per heavy atom. The third-order valence-electron chi connectivity index (χ3n) is 3.25. The molecule has 0 aliphatic rings. The molecule has 3 rings (SSSR count). The molecule has 5 heteroatoms. The second-order valence-electron chi connectivity index (χ2n) is 4.64. The molecule has 0 aliphatic carbocycles. The van der Waals surface area contributed by atoms with E-state index in [9.17, 15) is 4.79 Å². The first-order chi connectivity index (χ1) is 10.3. The van der Waals surface area contributed by atoms with E-state index >= 15 is 0 Å². The Bertz CT molecular complexity index is 784. The van der Waals surface area contributed by atoms with Crippen molar-refractivity contribution in [3.63, 3.8) is 0 Å². The Labute approximate surface area is 121 Å². The third-order valence-corrected chi connectivity index (χ3v) is 3.25. The van der Waals surface area contributed by atoms with Crippen LogP contribution in [0.4, 0.5) is 0 Å². The van der Waals surface area contributed by atoms with Gasteiger partial charge >= 0.3 is 0 Å². The zero-order valence-corrected chi connectivity index (χ0v) is 11.2. The van der Waals surface area contributed by atoms with E-state index in [1.807, 2.05) is 48.5 Å². The van der Waals surface area contributed by atoms with Gasteiger partial charge in [-0.25, -0.2) is 5.10 Å². The van der Waals surface area contributed by atoms with Crippen LogP contribution in [-0.2, 0) is 0 Å². The molecule has 3 aromatic rings. The van der Waals surface area contributed by atoms with Crippen molar-refractivity contribution in [2.24, 2.45) is 5.73 Å². The minimum absolute atomic E-state index is 0.286. The fourth-order valence-electron chi connectivity index (χ4n) is 2.14. The van der Waals surface area contributed by atoms with E-state index < -0.39 is 6.04 Å². The van der Waals surface area contributed by atoms with Gasteiger partial charge in [0.05, 0.1) is 11.7 Å². The van der Waals surface area contributed by atoms with Crippen LogP contribution in [0.3, 0.4) is 0 Å². The van der Waals surface area contributed by atoms with Gasteiger partial charge in [0, 0.05) is 11.8 Å². The average molecular weight is 278 g/mol. The number of aromatic nitrogens is 3. The number of H-pyrrole nitrogens is 1. The molecule has 1 aromatic carbocycles. The summed E-state index contributed by atoms with van der Waals surface area (Å²) in [7, 11) is 0. The summed E-state index contributed by atoms with van der Waals surface area (Å²) in [5.41, 5.74) is 8.54. The van der Waals surface area contributed by atoms with Gasteiger partial charge in [0.25, 0.3) is 5.56 Å². The molecule has 1 atom stereocenters. The number of nitrogens with two attached hydrogens (primary N) is 1. The van der Waals surface area contributed by atoms with Gasteiger partial charge in [-0.05, 0) is 23.8 Å². The summed E-state index contributed by atoms with van der Waals surface area (Å²) in [6.45, 7) is 0. The first kappa shape index (κ1) is 13.2. The van der Waals surface area contributed by atoms with Crippen molar-refractivity contribution < 1.29 is 0 Å². The molecule has 1 unspecified atom stereocenters. The zero-order chi connectivity index (χ0) is 14.7. The van der Waals surface area contributed by atoms with Crippen LogP contribution in [0, 0.1) is 0 Å². The minimum Gasteiger partial charge on any atom is -0.320 e. The predicted octanol–water partition coefficient (Wildman–Crippen LogP) is 1.88. The van der Waals surface area contributed by atoms with Crippen molar-refractivity contribution in [2.75, 3.05) is 0 Å². The number of rotatable bonds is 3. The van der Waals surface area contributed by atoms with Crippen molar-refractivity contribution in [1.29, 1.82) is 0 Å². The molecule has 0 saturated carbocycles. The summed E-state index contributed by atoms with van der Waals surface area (Å²) in [6.07, 6.45) is 1.68. The highest BCUT2D eigenvalue weighted by Gasteiger charge is 2.14. The van der Waals surface area contributed by atoms with E-state index in [-0.39, 0.29) is 5.56 Å². The summed E-state index contributed by atoms with van der Waals surface area (Å²) < 4.78 is 0. The van der Waals surface area contributed by atoms with E-state index in [1.54, 1.807) is 12.3 Å². The number of aromatic amines is 1. The molecule has 0 radical (unpaired) electrons. The molecule has 0 fully saturated rings. The minimum atomic E-state index is -0.500. The van der Waals surface area contributed by atoms with Crippen LogP contribution in [-0.4, -0.2) is 15.2 Å². The molecule has 104 valence electrons. The second-order valence-corrected chi connectivity index (χ2v) is 4.64. The Hall–Kier alpha value is -2.79. The Kier molecular flexibility index (Phi) is 3.57. The molecule has 5 nitrogen and oxygen atoms in total. The van der Waals surface area contributed by atoms with E-state index in [2.05, 4.69) is 15.2 Å². The Morgan fingerprint density at radius 2 is 1.76 bits per heavy atom. The SMILES string of the molecule is NC(c1ccccc1)c1cc(-c2ccccn2)n[nH]c1=O. The Balaban J connectivity index is 2.05. The van der Waals surface area contributed by atoms with E-state index in [4.69, 9.17) is 5.73 Å². The van der Waals surface area contributed by atoms with Gasteiger partial charge in [-0.3, -0.25) is 9.78 Å². The van der Waals surface area contributed by atoms with Gasteiger partial charge < -0.3 is 5.73 Å². The fourth-order valence-corrected chi connectivity index (χ4v) is 2.14. The quantitative estimate of drug-likeness (QED) is 0.766. The maximum atomic E-state index is 12.0. The summed E-state index contributed by atoms with van der Waals surface area (Å²) in [6, 6.07) is 16.2. The molecule has 0 spiro atoms. The van der Waals surface area contributed by atoms with Crippen LogP contribution in [0.15, 0.2) is 65.6 Å². The number of hydrogen-bond acceptors (Lipinski definition) is 4. The van der Waals surface area contributed by atoms with Crippen LogP contribution in [0.5, 0.6) is 0 Å². The van der Waals surface area contributed by atoms with Gasteiger partial charge in [0.1, 0.15) is 5.69 Å². The standard InChI is InChI=1S/C16H14N4O/c17-15(11-6-2-1-3-7-11)12-10-14(19-20-16(12)21)13-8-4-5-9-18-13/h1-10,15H,17H2,(H,20,21). The van der Waals surface area contributed by atoms with Gasteiger partial charge in [-0.1, -0.05) is 36.4 Å². The van der Waals surface area contributed by atoms with E-state index in [0.29, 0.717) is 17.0 Å². The van der Waals surface area contributed by atoms with E-state index in [0.717, 1.165) is 5.56 Å².